The number of para-hydroxylation sites is 1. The van der Waals surface area contributed by atoms with Crippen LogP contribution in [0.15, 0.2) is 59.5 Å². The van der Waals surface area contributed by atoms with Crippen LogP contribution < -0.4 is 20.3 Å². The summed E-state index contributed by atoms with van der Waals surface area (Å²) in [6, 6.07) is 15.0. The van der Waals surface area contributed by atoms with E-state index in [1.165, 1.54) is 6.20 Å². The smallest absolute Gasteiger partial charge is 0.263 e. The minimum atomic E-state index is -0.262. The summed E-state index contributed by atoms with van der Waals surface area (Å²) in [6.07, 6.45) is 1.52. The van der Waals surface area contributed by atoms with Gasteiger partial charge in [-0.15, -0.1) is 0 Å². The first-order valence-electron chi connectivity index (χ1n) is 8.48. The molecule has 0 atom stereocenters. The van der Waals surface area contributed by atoms with Crippen LogP contribution >= 0.6 is 0 Å². The maximum absolute atomic E-state index is 12.4. The van der Waals surface area contributed by atoms with Crippen molar-refractivity contribution in [3.63, 3.8) is 0 Å². The molecule has 0 saturated heterocycles. The molecule has 27 heavy (non-hydrogen) atoms. The third-order valence-electron chi connectivity index (χ3n) is 4.24. The highest BCUT2D eigenvalue weighted by Crippen LogP contribution is 2.33. The molecule has 0 spiro atoms. The fourth-order valence-corrected chi connectivity index (χ4v) is 2.99. The van der Waals surface area contributed by atoms with Crippen LogP contribution in [0.25, 0.3) is 16.7 Å². The molecule has 1 aliphatic heterocycles. The van der Waals surface area contributed by atoms with Crippen molar-refractivity contribution in [3.05, 3.63) is 65.1 Å². The largest absolute Gasteiger partial charge is 0.486 e. The van der Waals surface area contributed by atoms with Gasteiger partial charge in [0.25, 0.3) is 5.56 Å². The molecule has 0 bridgehead atoms. The maximum atomic E-state index is 12.4. The molecule has 2 aromatic carbocycles. The molecule has 0 fully saturated rings. The molecule has 2 N–H and O–H groups in total. The first-order valence-corrected chi connectivity index (χ1v) is 8.48. The fraction of sp³-hybridized carbons (Fsp3) is 0.105. The van der Waals surface area contributed by atoms with Gasteiger partial charge in [0.05, 0.1) is 11.9 Å². The zero-order chi connectivity index (χ0) is 18.2. The predicted molar refractivity (Wildman–Crippen MR) is 100 cm³/mol. The Bertz CT molecular complexity index is 1180. The fourth-order valence-electron chi connectivity index (χ4n) is 2.99. The van der Waals surface area contributed by atoms with Crippen molar-refractivity contribution in [2.75, 3.05) is 18.5 Å². The number of fused-ring (bicyclic) bond motifs is 2. The molecule has 0 aliphatic carbocycles. The van der Waals surface area contributed by atoms with Gasteiger partial charge < -0.3 is 14.8 Å². The monoisotopic (exact) mass is 361 g/mol. The van der Waals surface area contributed by atoms with Gasteiger partial charge in [0.15, 0.2) is 17.1 Å². The summed E-state index contributed by atoms with van der Waals surface area (Å²) in [7, 11) is 0. The lowest BCUT2D eigenvalue weighted by molar-refractivity contribution is 0.171. The number of aromatic amines is 1. The molecule has 0 saturated carbocycles. The van der Waals surface area contributed by atoms with Crippen molar-refractivity contribution in [1.29, 1.82) is 0 Å². The number of anilines is 2. The molecular formula is C19H15N5O3. The Morgan fingerprint density at radius 2 is 1.85 bits per heavy atom. The Labute approximate surface area is 153 Å². The normalized spacial score (nSPS) is 12.9. The Morgan fingerprint density at radius 3 is 2.70 bits per heavy atom. The summed E-state index contributed by atoms with van der Waals surface area (Å²) in [5, 5.41) is 7.84. The number of ether oxygens (including phenoxy) is 2. The van der Waals surface area contributed by atoms with Gasteiger partial charge in [-0.3, -0.25) is 9.78 Å². The van der Waals surface area contributed by atoms with Crippen LogP contribution in [0.1, 0.15) is 0 Å². The Kier molecular flexibility index (Phi) is 3.53. The first kappa shape index (κ1) is 15.4. The average molecular weight is 361 g/mol. The summed E-state index contributed by atoms with van der Waals surface area (Å²) in [6.45, 7) is 1.04. The van der Waals surface area contributed by atoms with Crippen LogP contribution in [-0.2, 0) is 0 Å². The molecule has 0 unspecified atom stereocenters. The zero-order valence-corrected chi connectivity index (χ0v) is 14.2. The highest BCUT2D eigenvalue weighted by atomic mass is 16.6. The number of aromatic nitrogens is 4. The molecule has 8 heteroatoms. The van der Waals surface area contributed by atoms with Crippen LogP contribution in [0.3, 0.4) is 0 Å². The molecule has 3 heterocycles. The minimum Gasteiger partial charge on any atom is -0.486 e. The van der Waals surface area contributed by atoms with Crippen molar-refractivity contribution >= 4 is 22.7 Å². The van der Waals surface area contributed by atoms with E-state index in [0.717, 1.165) is 11.4 Å². The van der Waals surface area contributed by atoms with Crippen molar-refractivity contribution in [2.45, 2.75) is 0 Å². The van der Waals surface area contributed by atoms with Gasteiger partial charge in [-0.2, -0.15) is 10.1 Å². The molecule has 0 amide bonds. The van der Waals surface area contributed by atoms with E-state index in [1.54, 1.807) is 4.68 Å². The van der Waals surface area contributed by atoms with Crippen LogP contribution in [0.4, 0.5) is 11.6 Å². The molecule has 2 aromatic heterocycles. The summed E-state index contributed by atoms with van der Waals surface area (Å²) in [5.74, 6) is 1.68. The lowest BCUT2D eigenvalue weighted by Crippen LogP contribution is -2.15. The number of nitrogens with zero attached hydrogens (tertiary/aromatic N) is 3. The SMILES string of the molecule is O=c1[nH]c(Nc2ccc3c(c2)OCCO3)nc2c1cnn2-c1ccccc1. The van der Waals surface area contributed by atoms with Crippen molar-refractivity contribution < 1.29 is 9.47 Å². The van der Waals surface area contributed by atoms with E-state index in [4.69, 9.17) is 9.47 Å². The number of H-pyrrole nitrogens is 1. The third-order valence-corrected chi connectivity index (χ3v) is 4.24. The summed E-state index contributed by atoms with van der Waals surface area (Å²) in [5.41, 5.74) is 1.77. The van der Waals surface area contributed by atoms with Gasteiger partial charge in [-0.1, -0.05) is 18.2 Å². The molecule has 4 aromatic rings. The zero-order valence-electron chi connectivity index (χ0n) is 14.2. The molecule has 0 radical (unpaired) electrons. The number of nitrogens with one attached hydrogen (secondary N) is 2. The maximum Gasteiger partial charge on any atom is 0.263 e. The average Bonchev–Trinajstić information content (AvgIpc) is 3.13. The van der Waals surface area contributed by atoms with E-state index in [1.807, 2.05) is 48.5 Å². The second kappa shape index (κ2) is 6.17. The van der Waals surface area contributed by atoms with Gasteiger partial charge in [-0.05, 0) is 24.3 Å². The van der Waals surface area contributed by atoms with E-state index < -0.39 is 0 Å². The Hall–Kier alpha value is -3.81. The van der Waals surface area contributed by atoms with E-state index in [9.17, 15) is 4.79 Å². The van der Waals surface area contributed by atoms with Crippen LogP contribution in [0.2, 0.25) is 0 Å². The molecule has 1 aliphatic rings. The number of benzene rings is 2. The van der Waals surface area contributed by atoms with Crippen molar-refractivity contribution in [2.24, 2.45) is 0 Å². The topological polar surface area (TPSA) is 94.1 Å². The minimum absolute atomic E-state index is 0.262. The van der Waals surface area contributed by atoms with Gasteiger partial charge >= 0.3 is 0 Å². The second-order valence-corrected chi connectivity index (χ2v) is 6.03. The number of hydrogen-bond donors (Lipinski definition) is 2. The van der Waals surface area contributed by atoms with Gasteiger partial charge in [-0.25, -0.2) is 4.68 Å². The van der Waals surface area contributed by atoms with Gasteiger partial charge in [0.2, 0.25) is 5.95 Å². The standard InChI is InChI=1S/C19H15N5O3/c25-18-14-11-20-24(13-4-2-1-3-5-13)17(14)22-19(23-18)21-12-6-7-15-16(10-12)27-9-8-26-15/h1-7,10-11H,8-9H2,(H2,21,22,23,25). The molecule has 134 valence electrons. The van der Waals surface area contributed by atoms with Crippen molar-refractivity contribution in [1.82, 2.24) is 19.7 Å². The Balaban J connectivity index is 1.55. The van der Waals surface area contributed by atoms with Crippen LogP contribution in [-0.4, -0.2) is 33.0 Å². The molecule has 8 nitrogen and oxygen atoms in total. The quantitative estimate of drug-likeness (QED) is 0.583. The summed E-state index contributed by atoms with van der Waals surface area (Å²) in [4.78, 5) is 19.7. The van der Waals surface area contributed by atoms with Crippen molar-refractivity contribution in [3.8, 4) is 17.2 Å². The summed E-state index contributed by atoms with van der Waals surface area (Å²) < 4.78 is 12.7. The lowest BCUT2D eigenvalue weighted by Gasteiger charge is -2.19. The first-order chi connectivity index (χ1) is 13.3. The molecule has 5 rings (SSSR count). The predicted octanol–water partition coefficient (Wildman–Crippen LogP) is 2.62. The third kappa shape index (κ3) is 2.77. The van der Waals surface area contributed by atoms with E-state index >= 15 is 0 Å². The second-order valence-electron chi connectivity index (χ2n) is 6.03. The lowest BCUT2D eigenvalue weighted by atomic mass is 10.2. The van der Waals surface area contributed by atoms with Crippen LogP contribution in [0, 0.1) is 0 Å². The van der Waals surface area contributed by atoms with E-state index in [-0.39, 0.29) is 5.56 Å². The Morgan fingerprint density at radius 1 is 1.04 bits per heavy atom. The van der Waals surface area contributed by atoms with Gasteiger partial charge in [0.1, 0.15) is 18.6 Å². The highest BCUT2D eigenvalue weighted by Gasteiger charge is 2.14. The number of hydrogen-bond acceptors (Lipinski definition) is 6. The van der Waals surface area contributed by atoms with Gasteiger partial charge in [0, 0.05) is 11.8 Å². The van der Waals surface area contributed by atoms with E-state index in [0.29, 0.717) is 41.7 Å². The number of rotatable bonds is 3. The highest BCUT2D eigenvalue weighted by molar-refractivity contribution is 5.77. The van der Waals surface area contributed by atoms with Crippen LogP contribution in [0.5, 0.6) is 11.5 Å². The molecular weight excluding hydrogens is 346 g/mol. The van der Waals surface area contributed by atoms with E-state index in [2.05, 4.69) is 20.4 Å². The summed E-state index contributed by atoms with van der Waals surface area (Å²) >= 11 is 0.